The highest BCUT2D eigenvalue weighted by molar-refractivity contribution is 6.35. The van der Waals surface area contributed by atoms with Crippen LogP contribution in [0.15, 0.2) is 42.5 Å². The maximum atomic E-state index is 13.1. The van der Waals surface area contributed by atoms with Crippen LogP contribution in [0.1, 0.15) is 23.1 Å². The molecule has 0 unspecified atom stereocenters. The Balaban J connectivity index is 1.71. The zero-order valence-corrected chi connectivity index (χ0v) is 18.1. The van der Waals surface area contributed by atoms with E-state index in [1.165, 1.54) is 11.9 Å². The summed E-state index contributed by atoms with van der Waals surface area (Å²) in [4.78, 5) is 39.0. The van der Waals surface area contributed by atoms with Crippen molar-refractivity contribution in [3.8, 4) is 0 Å². The molecule has 0 saturated heterocycles. The van der Waals surface area contributed by atoms with Crippen molar-refractivity contribution in [3.05, 3.63) is 69.2 Å². The third-order valence-corrected chi connectivity index (χ3v) is 5.69. The molecule has 3 amide bonds. The highest BCUT2D eigenvalue weighted by Gasteiger charge is 2.31. The Morgan fingerprint density at radius 3 is 2.53 bits per heavy atom. The topological polar surface area (TPSA) is 78.5 Å². The van der Waals surface area contributed by atoms with Gasteiger partial charge in [-0.15, -0.1) is 0 Å². The lowest BCUT2D eigenvalue weighted by Gasteiger charge is -2.24. The van der Waals surface area contributed by atoms with Crippen molar-refractivity contribution < 1.29 is 14.4 Å². The molecule has 2 N–H and O–H groups in total. The fourth-order valence-electron chi connectivity index (χ4n) is 3.46. The van der Waals surface area contributed by atoms with Crippen molar-refractivity contribution in [1.82, 2.24) is 15.5 Å². The molecule has 0 radical (unpaired) electrons. The molecule has 0 bridgehead atoms. The SMILES string of the molecule is CNC(=O)CN1Cc2ccccc2C[C@H](NC(=O)CCc2ccc(Cl)cc2Cl)C1=O. The van der Waals surface area contributed by atoms with Gasteiger partial charge >= 0.3 is 0 Å². The highest BCUT2D eigenvalue weighted by Crippen LogP contribution is 2.23. The van der Waals surface area contributed by atoms with E-state index in [-0.39, 0.29) is 30.7 Å². The van der Waals surface area contributed by atoms with Crippen LogP contribution in [0.5, 0.6) is 0 Å². The maximum Gasteiger partial charge on any atom is 0.246 e. The smallest absolute Gasteiger partial charge is 0.246 e. The molecule has 8 heteroatoms. The van der Waals surface area contributed by atoms with Crippen LogP contribution < -0.4 is 10.6 Å². The molecule has 2 aromatic carbocycles. The number of rotatable bonds is 6. The zero-order chi connectivity index (χ0) is 21.7. The maximum absolute atomic E-state index is 13.1. The van der Waals surface area contributed by atoms with Crippen LogP contribution in [0.4, 0.5) is 0 Å². The normalized spacial score (nSPS) is 15.9. The number of nitrogens with zero attached hydrogens (tertiary/aromatic N) is 1. The molecule has 0 aliphatic carbocycles. The summed E-state index contributed by atoms with van der Waals surface area (Å²) in [6.45, 7) is 0.269. The lowest BCUT2D eigenvalue weighted by Crippen LogP contribution is -2.50. The molecule has 0 fully saturated rings. The molecule has 0 spiro atoms. The van der Waals surface area contributed by atoms with Crippen LogP contribution in [0.3, 0.4) is 0 Å². The van der Waals surface area contributed by atoms with Crippen LogP contribution in [-0.4, -0.2) is 42.3 Å². The number of carbonyl (C=O) groups excluding carboxylic acids is 3. The minimum atomic E-state index is -0.730. The molecule has 1 aliphatic heterocycles. The molecule has 1 heterocycles. The van der Waals surface area contributed by atoms with Crippen molar-refractivity contribution in [3.63, 3.8) is 0 Å². The standard InChI is InChI=1S/C22H23Cl2N3O3/c1-25-21(29)13-27-12-16-5-3-2-4-15(16)10-19(22(27)30)26-20(28)9-7-14-6-8-17(23)11-18(14)24/h2-6,8,11,19H,7,9-10,12-13H2,1H3,(H,25,29)(H,26,28)/t19-/m0/s1. The number of hydrogen-bond acceptors (Lipinski definition) is 3. The summed E-state index contributed by atoms with van der Waals surface area (Å²) in [6.07, 6.45) is 0.996. The van der Waals surface area contributed by atoms with Gasteiger partial charge in [-0.05, 0) is 35.2 Å². The number of likely N-dealkylation sites (N-methyl/N-ethyl adjacent to an activating group) is 1. The number of fused-ring (bicyclic) bond motifs is 1. The molecular weight excluding hydrogens is 425 g/mol. The predicted octanol–water partition coefficient (Wildman–Crippen LogP) is 2.74. The summed E-state index contributed by atoms with van der Waals surface area (Å²) in [5.74, 6) is -0.781. The summed E-state index contributed by atoms with van der Waals surface area (Å²) >= 11 is 12.1. The van der Waals surface area contributed by atoms with E-state index >= 15 is 0 Å². The molecule has 1 aliphatic rings. The number of benzene rings is 2. The number of hydrogen-bond donors (Lipinski definition) is 2. The molecule has 158 valence electrons. The number of amides is 3. The molecular formula is C22H23Cl2N3O3. The van der Waals surface area contributed by atoms with E-state index in [1.54, 1.807) is 18.2 Å². The zero-order valence-electron chi connectivity index (χ0n) is 16.6. The Morgan fingerprint density at radius 2 is 1.83 bits per heavy atom. The number of halogens is 2. The molecule has 6 nitrogen and oxygen atoms in total. The third-order valence-electron chi connectivity index (χ3n) is 5.10. The van der Waals surface area contributed by atoms with Crippen molar-refractivity contribution in [2.75, 3.05) is 13.6 Å². The lowest BCUT2D eigenvalue weighted by molar-refractivity contribution is -0.139. The monoisotopic (exact) mass is 447 g/mol. The van der Waals surface area contributed by atoms with Gasteiger partial charge in [-0.25, -0.2) is 0 Å². The first-order valence-electron chi connectivity index (χ1n) is 9.67. The first kappa shape index (κ1) is 22.1. The van der Waals surface area contributed by atoms with E-state index < -0.39 is 6.04 Å². The van der Waals surface area contributed by atoms with Gasteiger partial charge in [0.1, 0.15) is 6.04 Å². The Bertz CT molecular complexity index is 964. The van der Waals surface area contributed by atoms with Crippen LogP contribution in [-0.2, 0) is 33.8 Å². The fraction of sp³-hybridized carbons (Fsp3) is 0.318. The van der Waals surface area contributed by atoms with Crippen molar-refractivity contribution >= 4 is 40.9 Å². The van der Waals surface area contributed by atoms with Gasteiger partial charge < -0.3 is 15.5 Å². The largest absolute Gasteiger partial charge is 0.358 e. The first-order valence-corrected chi connectivity index (χ1v) is 10.4. The second-order valence-electron chi connectivity index (χ2n) is 7.20. The predicted molar refractivity (Wildman–Crippen MR) is 116 cm³/mol. The third kappa shape index (κ3) is 5.52. The number of nitrogens with one attached hydrogen (secondary N) is 2. The Morgan fingerprint density at radius 1 is 1.10 bits per heavy atom. The average Bonchev–Trinajstić information content (AvgIpc) is 2.84. The second-order valence-corrected chi connectivity index (χ2v) is 8.04. The van der Waals surface area contributed by atoms with E-state index in [4.69, 9.17) is 23.2 Å². The highest BCUT2D eigenvalue weighted by atomic mass is 35.5. The van der Waals surface area contributed by atoms with E-state index in [9.17, 15) is 14.4 Å². The molecule has 3 rings (SSSR count). The molecule has 0 saturated carbocycles. The van der Waals surface area contributed by atoms with Crippen molar-refractivity contribution in [1.29, 1.82) is 0 Å². The van der Waals surface area contributed by atoms with Gasteiger partial charge in [0.15, 0.2) is 0 Å². The summed E-state index contributed by atoms with van der Waals surface area (Å²) in [7, 11) is 1.53. The molecule has 0 aromatic heterocycles. The quantitative estimate of drug-likeness (QED) is 0.714. The Hall–Kier alpha value is -2.57. The van der Waals surface area contributed by atoms with E-state index in [0.717, 1.165) is 16.7 Å². The second kappa shape index (κ2) is 9.96. The fourth-order valence-corrected chi connectivity index (χ4v) is 3.96. The van der Waals surface area contributed by atoms with Gasteiger partial charge in [0.25, 0.3) is 0 Å². The summed E-state index contributed by atoms with van der Waals surface area (Å²) < 4.78 is 0. The minimum Gasteiger partial charge on any atom is -0.358 e. The Labute approximate surface area is 185 Å². The van der Waals surface area contributed by atoms with Gasteiger partial charge in [-0.1, -0.05) is 53.5 Å². The van der Waals surface area contributed by atoms with Crippen LogP contribution in [0.2, 0.25) is 10.0 Å². The van der Waals surface area contributed by atoms with Gasteiger partial charge in [0.05, 0.1) is 6.54 Å². The van der Waals surface area contributed by atoms with E-state index in [2.05, 4.69) is 10.6 Å². The lowest BCUT2D eigenvalue weighted by atomic mass is 10.0. The van der Waals surface area contributed by atoms with Crippen molar-refractivity contribution in [2.45, 2.75) is 31.8 Å². The molecule has 30 heavy (non-hydrogen) atoms. The average molecular weight is 448 g/mol. The van der Waals surface area contributed by atoms with Crippen LogP contribution in [0, 0.1) is 0 Å². The van der Waals surface area contributed by atoms with E-state index in [1.807, 2.05) is 24.3 Å². The molecule has 2 aromatic rings. The van der Waals surface area contributed by atoms with Crippen LogP contribution >= 0.6 is 23.2 Å². The van der Waals surface area contributed by atoms with E-state index in [0.29, 0.717) is 29.4 Å². The van der Waals surface area contributed by atoms with Gasteiger partial charge in [0.2, 0.25) is 17.7 Å². The van der Waals surface area contributed by atoms with Crippen LogP contribution in [0.25, 0.3) is 0 Å². The number of carbonyl (C=O) groups is 3. The molecule has 1 atom stereocenters. The number of aryl methyl sites for hydroxylation is 1. The van der Waals surface area contributed by atoms with Gasteiger partial charge in [-0.2, -0.15) is 0 Å². The summed E-state index contributed by atoms with van der Waals surface area (Å²) in [5.41, 5.74) is 2.77. The summed E-state index contributed by atoms with van der Waals surface area (Å²) in [5, 5.41) is 6.42. The minimum absolute atomic E-state index is 0.0591. The first-order chi connectivity index (χ1) is 14.4. The summed E-state index contributed by atoms with van der Waals surface area (Å²) in [6, 6.07) is 12.1. The van der Waals surface area contributed by atoms with Gasteiger partial charge in [0, 0.05) is 36.5 Å². The Kier molecular flexibility index (Phi) is 7.34. The van der Waals surface area contributed by atoms with Crippen molar-refractivity contribution in [2.24, 2.45) is 0 Å². The van der Waals surface area contributed by atoms with Gasteiger partial charge in [-0.3, -0.25) is 14.4 Å².